The molecule has 0 aliphatic carbocycles. The van der Waals surface area contributed by atoms with Gasteiger partial charge in [-0.25, -0.2) is 4.99 Å². The van der Waals surface area contributed by atoms with E-state index in [1.165, 1.54) is 11.3 Å². The first-order valence-electron chi connectivity index (χ1n) is 6.45. The lowest BCUT2D eigenvalue weighted by molar-refractivity contribution is 0.101. The van der Waals surface area contributed by atoms with Gasteiger partial charge in [0, 0.05) is 4.88 Å². The largest absolute Gasteiger partial charge is 0.494 e. The highest BCUT2D eigenvalue weighted by molar-refractivity contribution is 9.11. The highest BCUT2D eigenvalue weighted by Crippen LogP contribution is 2.41. The van der Waals surface area contributed by atoms with Gasteiger partial charge in [0.05, 0.1) is 36.1 Å². The third kappa shape index (κ3) is 2.00. The zero-order valence-corrected chi connectivity index (χ0v) is 14.5. The molecule has 3 aromatic heterocycles. The van der Waals surface area contributed by atoms with E-state index in [-0.39, 0.29) is 11.8 Å². The van der Waals surface area contributed by atoms with Crippen LogP contribution >= 0.6 is 38.6 Å². The number of rotatable bonds is 2. The molecular formula is C15H9BrN2O2S2. The lowest BCUT2D eigenvalue weighted by Crippen LogP contribution is -1.96. The molecule has 4 heterocycles. The standard InChI is InChI=1S/C15H9BrN2O2S2/c1-6-2-3-7(21-6)12-10-11(15(20)17-12)13(18-14(10)19)8-4-5-9(16)22-8/h2-5,17,20H,1H3. The van der Waals surface area contributed by atoms with Crippen LogP contribution < -0.4 is 0 Å². The Morgan fingerprint density at radius 1 is 1.14 bits per heavy atom. The van der Waals surface area contributed by atoms with Crippen molar-refractivity contribution in [3.63, 3.8) is 0 Å². The number of hydrogen-bond acceptors (Lipinski definition) is 4. The second kappa shape index (κ2) is 4.91. The van der Waals surface area contributed by atoms with Gasteiger partial charge in [-0.2, -0.15) is 0 Å². The van der Waals surface area contributed by atoms with E-state index in [4.69, 9.17) is 0 Å². The summed E-state index contributed by atoms with van der Waals surface area (Å²) in [4.78, 5) is 22.4. The molecule has 1 aliphatic heterocycles. The predicted molar refractivity (Wildman–Crippen MR) is 92.5 cm³/mol. The van der Waals surface area contributed by atoms with E-state index in [1.807, 2.05) is 31.2 Å². The van der Waals surface area contributed by atoms with Crippen molar-refractivity contribution in [1.82, 2.24) is 4.98 Å². The number of fused-ring (bicyclic) bond motifs is 1. The van der Waals surface area contributed by atoms with E-state index in [9.17, 15) is 9.90 Å². The Bertz CT molecular complexity index is 949. The molecule has 1 aliphatic rings. The topological polar surface area (TPSA) is 65.4 Å². The number of hydrogen-bond donors (Lipinski definition) is 2. The Balaban J connectivity index is 1.91. The van der Waals surface area contributed by atoms with Gasteiger partial charge in [-0.15, -0.1) is 22.7 Å². The summed E-state index contributed by atoms with van der Waals surface area (Å²) in [5, 5.41) is 10.3. The van der Waals surface area contributed by atoms with Crippen LogP contribution in [0.15, 0.2) is 33.0 Å². The van der Waals surface area contributed by atoms with Crippen molar-refractivity contribution < 1.29 is 9.90 Å². The minimum Gasteiger partial charge on any atom is -0.494 e. The van der Waals surface area contributed by atoms with Gasteiger partial charge in [-0.05, 0) is 47.1 Å². The Morgan fingerprint density at radius 3 is 2.55 bits per heavy atom. The molecule has 0 fully saturated rings. The fourth-order valence-corrected chi connectivity index (χ4v) is 4.77. The predicted octanol–water partition coefficient (Wildman–Crippen LogP) is 4.57. The fraction of sp³-hybridized carbons (Fsp3) is 0.0667. The van der Waals surface area contributed by atoms with Crippen molar-refractivity contribution in [3.8, 4) is 16.5 Å². The third-order valence-electron chi connectivity index (χ3n) is 3.44. The van der Waals surface area contributed by atoms with Crippen LogP contribution in [0, 0.1) is 6.92 Å². The zero-order chi connectivity index (χ0) is 15.4. The summed E-state index contributed by atoms with van der Waals surface area (Å²) < 4.78 is 0.954. The number of nitrogens with one attached hydrogen (secondary N) is 1. The summed E-state index contributed by atoms with van der Waals surface area (Å²) in [5.41, 5.74) is 2.13. The number of H-pyrrole nitrogens is 1. The Labute approximate surface area is 142 Å². The summed E-state index contributed by atoms with van der Waals surface area (Å²) in [6.45, 7) is 2.00. The van der Waals surface area contributed by atoms with Crippen LogP contribution in [0.3, 0.4) is 0 Å². The van der Waals surface area contributed by atoms with E-state index >= 15 is 0 Å². The summed E-state index contributed by atoms with van der Waals surface area (Å²) in [6, 6.07) is 7.72. The normalized spacial score (nSPS) is 13.5. The smallest absolute Gasteiger partial charge is 0.280 e. The maximum absolute atomic E-state index is 12.3. The maximum Gasteiger partial charge on any atom is 0.280 e. The number of thiophene rings is 2. The molecule has 3 aromatic rings. The van der Waals surface area contributed by atoms with Crippen molar-refractivity contribution in [2.75, 3.05) is 0 Å². The van der Waals surface area contributed by atoms with Crippen molar-refractivity contribution in [2.45, 2.75) is 6.92 Å². The first-order valence-corrected chi connectivity index (χ1v) is 8.88. The number of aromatic nitrogens is 1. The number of aromatic amines is 1. The van der Waals surface area contributed by atoms with Crippen LogP contribution in [0.25, 0.3) is 10.6 Å². The molecule has 0 saturated carbocycles. The van der Waals surface area contributed by atoms with Crippen LogP contribution in [0.5, 0.6) is 5.88 Å². The van der Waals surface area contributed by atoms with Gasteiger partial charge in [0.1, 0.15) is 0 Å². The fourth-order valence-electron chi connectivity index (χ4n) is 2.52. The number of carbonyl (C=O) groups is 1. The first-order chi connectivity index (χ1) is 10.5. The minimum absolute atomic E-state index is 0.00910. The van der Waals surface area contributed by atoms with Gasteiger partial charge in [0.25, 0.3) is 5.91 Å². The monoisotopic (exact) mass is 392 g/mol. The number of halogens is 1. The number of aryl methyl sites for hydroxylation is 1. The summed E-state index contributed by atoms with van der Waals surface area (Å²) in [7, 11) is 0. The van der Waals surface area contributed by atoms with Gasteiger partial charge < -0.3 is 10.1 Å². The van der Waals surface area contributed by atoms with E-state index < -0.39 is 0 Å². The molecule has 0 saturated heterocycles. The second-order valence-corrected chi connectivity index (χ2v) is 8.63. The van der Waals surface area contributed by atoms with Crippen molar-refractivity contribution in [2.24, 2.45) is 4.99 Å². The average molecular weight is 393 g/mol. The molecule has 0 radical (unpaired) electrons. The van der Waals surface area contributed by atoms with Crippen LogP contribution in [0.4, 0.5) is 0 Å². The number of nitrogens with zero attached hydrogens (tertiary/aromatic N) is 1. The second-order valence-electron chi connectivity index (χ2n) is 4.88. The van der Waals surface area contributed by atoms with Crippen LogP contribution in [-0.4, -0.2) is 21.7 Å². The number of amides is 1. The number of carbonyl (C=O) groups excluding carboxylic acids is 1. The molecular weight excluding hydrogens is 384 g/mol. The lowest BCUT2D eigenvalue weighted by atomic mass is 10.1. The quantitative estimate of drug-likeness (QED) is 0.670. The average Bonchev–Trinajstić information content (AvgIpc) is 3.19. The summed E-state index contributed by atoms with van der Waals surface area (Å²) >= 11 is 6.46. The third-order valence-corrected chi connectivity index (χ3v) is 6.09. The van der Waals surface area contributed by atoms with Gasteiger partial charge in [-0.3, -0.25) is 4.79 Å². The number of aliphatic imine (C=N–C) groups is 1. The minimum atomic E-state index is -0.313. The van der Waals surface area contributed by atoms with E-state index in [2.05, 4.69) is 25.9 Å². The number of aromatic hydroxyl groups is 1. The van der Waals surface area contributed by atoms with E-state index in [1.54, 1.807) is 11.3 Å². The van der Waals surface area contributed by atoms with Crippen LogP contribution in [-0.2, 0) is 0 Å². The molecule has 0 bridgehead atoms. The van der Waals surface area contributed by atoms with E-state index in [0.717, 1.165) is 18.4 Å². The molecule has 4 nitrogen and oxygen atoms in total. The molecule has 0 spiro atoms. The Morgan fingerprint density at radius 2 is 1.91 bits per heavy atom. The molecule has 4 rings (SSSR count). The van der Waals surface area contributed by atoms with Crippen LogP contribution in [0.1, 0.15) is 25.7 Å². The van der Waals surface area contributed by atoms with Crippen LogP contribution in [0.2, 0.25) is 0 Å². The first kappa shape index (κ1) is 13.9. The Hall–Kier alpha value is -1.70. The summed E-state index contributed by atoms with van der Waals surface area (Å²) in [6.07, 6.45) is 0. The molecule has 2 N–H and O–H groups in total. The SMILES string of the molecule is Cc1ccc(-c2[nH]c(O)c3c2C(=O)N=C3c2ccc(Br)s2)s1. The molecule has 0 aromatic carbocycles. The zero-order valence-electron chi connectivity index (χ0n) is 11.3. The molecule has 0 atom stereocenters. The molecule has 7 heteroatoms. The lowest BCUT2D eigenvalue weighted by Gasteiger charge is -1.96. The van der Waals surface area contributed by atoms with Crippen molar-refractivity contribution >= 4 is 50.2 Å². The molecule has 1 amide bonds. The maximum atomic E-state index is 12.3. The van der Waals surface area contributed by atoms with Gasteiger partial charge in [0.2, 0.25) is 0 Å². The summed E-state index contributed by atoms with van der Waals surface area (Å²) in [5.74, 6) is -0.322. The molecule has 0 unspecified atom stereocenters. The molecule has 110 valence electrons. The van der Waals surface area contributed by atoms with E-state index in [0.29, 0.717) is 22.5 Å². The van der Waals surface area contributed by atoms with Crippen molar-refractivity contribution in [1.29, 1.82) is 0 Å². The van der Waals surface area contributed by atoms with Crippen molar-refractivity contribution in [3.05, 3.63) is 48.9 Å². The highest BCUT2D eigenvalue weighted by atomic mass is 79.9. The Kier molecular flexibility index (Phi) is 3.11. The van der Waals surface area contributed by atoms with Gasteiger partial charge in [-0.1, -0.05) is 0 Å². The highest BCUT2D eigenvalue weighted by Gasteiger charge is 2.34. The van der Waals surface area contributed by atoms with Gasteiger partial charge >= 0.3 is 0 Å². The molecule has 22 heavy (non-hydrogen) atoms. The van der Waals surface area contributed by atoms with Gasteiger partial charge in [0.15, 0.2) is 5.88 Å².